The van der Waals surface area contributed by atoms with E-state index in [-0.39, 0.29) is 11.3 Å². The molecular formula is C23H27F3O. The van der Waals surface area contributed by atoms with Crippen LogP contribution in [0.3, 0.4) is 0 Å². The van der Waals surface area contributed by atoms with Crippen molar-refractivity contribution in [1.29, 1.82) is 0 Å². The van der Waals surface area contributed by atoms with Crippen molar-refractivity contribution < 1.29 is 17.9 Å². The van der Waals surface area contributed by atoms with Crippen molar-refractivity contribution in [2.75, 3.05) is 7.11 Å². The average molecular weight is 376 g/mol. The molecule has 0 amide bonds. The summed E-state index contributed by atoms with van der Waals surface area (Å²) in [6.45, 7) is 2.24. The second kappa shape index (κ2) is 8.37. The molecule has 0 heterocycles. The molecule has 3 rings (SSSR count). The Bertz CT molecular complexity index is 741. The van der Waals surface area contributed by atoms with Crippen molar-refractivity contribution in [2.24, 2.45) is 5.92 Å². The minimum Gasteiger partial charge on any atom is -0.497 e. The van der Waals surface area contributed by atoms with E-state index in [2.05, 4.69) is 6.92 Å². The molecular weight excluding hydrogens is 349 g/mol. The number of hydrogen-bond acceptors (Lipinski definition) is 1. The maximum absolute atomic E-state index is 13.5. The summed E-state index contributed by atoms with van der Waals surface area (Å²) in [7, 11) is 1.37. The summed E-state index contributed by atoms with van der Waals surface area (Å²) in [5.74, 6) is 1.59. The highest BCUT2D eigenvalue weighted by molar-refractivity contribution is 5.69. The zero-order valence-corrected chi connectivity index (χ0v) is 16.0. The minimum atomic E-state index is -4.42. The van der Waals surface area contributed by atoms with Gasteiger partial charge >= 0.3 is 6.18 Å². The van der Waals surface area contributed by atoms with Gasteiger partial charge in [0.2, 0.25) is 0 Å². The first-order valence-corrected chi connectivity index (χ1v) is 9.78. The molecule has 0 bridgehead atoms. The van der Waals surface area contributed by atoms with Gasteiger partial charge in [-0.3, -0.25) is 0 Å². The van der Waals surface area contributed by atoms with E-state index in [4.69, 9.17) is 4.74 Å². The molecule has 146 valence electrons. The highest BCUT2D eigenvalue weighted by Crippen LogP contribution is 2.41. The van der Waals surface area contributed by atoms with Crippen LogP contribution in [0.4, 0.5) is 13.2 Å². The molecule has 0 saturated heterocycles. The van der Waals surface area contributed by atoms with E-state index in [1.54, 1.807) is 6.07 Å². The molecule has 0 atom stereocenters. The molecule has 0 aromatic heterocycles. The first-order valence-electron chi connectivity index (χ1n) is 9.78. The summed E-state index contributed by atoms with van der Waals surface area (Å²) >= 11 is 0. The van der Waals surface area contributed by atoms with Crippen molar-refractivity contribution in [3.63, 3.8) is 0 Å². The summed E-state index contributed by atoms with van der Waals surface area (Å²) < 4.78 is 45.4. The van der Waals surface area contributed by atoms with Gasteiger partial charge in [0.25, 0.3) is 0 Å². The van der Waals surface area contributed by atoms with Gasteiger partial charge in [-0.2, -0.15) is 13.2 Å². The summed E-state index contributed by atoms with van der Waals surface area (Å²) in [6.07, 6.45) is 3.02. The first-order chi connectivity index (χ1) is 12.9. The van der Waals surface area contributed by atoms with E-state index >= 15 is 0 Å². The van der Waals surface area contributed by atoms with Crippen LogP contribution in [0.15, 0.2) is 42.5 Å². The third-order valence-electron chi connectivity index (χ3n) is 5.77. The number of ether oxygens (including phenoxy) is 1. The second-order valence-corrected chi connectivity index (χ2v) is 7.54. The van der Waals surface area contributed by atoms with Crippen LogP contribution in [0.2, 0.25) is 0 Å². The Balaban J connectivity index is 1.80. The number of rotatable bonds is 5. The lowest BCUT2D eigenvalue weighted by Crippen LogP contribution is -2.13. The summed E-state index contributed by atoms with van der Waals surface area (Å²) in [5, 5.41) is 0. The van der Waals surface area contributed by atoms with Gasteiger partial charge in [-0.05, 0) is 66.3 Å². The van der Waals surface area contributed by atoms with Gasteiger partial charge in [0.15, 0.2) is 0 Å². The van der Waals surface area contributed by atoms with E-state index < -0.39 is 11.7 Å². The average Bonchev–Trinajstić information content (AvgIpc) is 2.68. The Kier molecular flexibility index (Phi) is 6.13. The summed E-state index contributed by atoms with van der Waals surface area (Å²) in [4.78, 5) is 0. The van der Waals surface area contributed by atoms with E-state index in [0.717, 1.165) is 12.0 Å². The maximum Gasteiger partial charge on any atom is 0.417 e. The van der Waals surface area contributed by atoms with E-state index in [1.807, 2.05) is 24.3 Å². The number of hydrogen-bond donors (Lipinski definition) is 0. The van der Waals surface area contributed by atoms with Crippen LogP contribution < -0.4 is 4.74 Å². The molecule has 27 heavy (non-hydrogen) atoms. The van der Waals surface area contributed by atoms with Gasteiger partial charge in [-0.15, -0.1) is 0 Å². The molecule has 1 aliphatic carbocycles. The summed E-state index contributed by atoms with van der Waals surface area (Å²) in [6, 6.07) is 11.8. The predicted octanol–water partition coefficient (Wildman–Crippen LogP) is 7.45. The standard InChI is InChI=1S/C23H27F3O/c1-3-4-16-5-7-17(8-6-16)18-9-11-19(12-10-18)21-14-13-20(27-2)15-22(21)23(24,25)26/h9-17H,3-8H2,1-2H3. The van der Waals surface area contributed by atoms with Crippen LogP contribution >= 0.6 is 0 Å². The number of alkyl halides is 3. The van der Waals surface area contributed by atoms with Gasteiger partial charge in [0, 0.05) is 0 Å². The largest absolute Gasteiger partial charge is 0.497 e. The van der Waals surface area contributed by atoms with E-state index in [9.17, 15) is 13.2 Å². The SMILES string of the molecule is CCCC1CCC(c2ccc(-c3ccc(OC)cc3C(F)(F)F)cc2)CC1. The molecule has 1 nitrogen and oxygen atoms in total. The highest BCUT2D eigenvalue weighted by atomic mass is 19.4. The van der Waals surface area contributed by atoms with Gasteiger partial charge in [-0.25, -0.2) is 0 Å². The number of benzene rings is 2. The van der Waals surface area contributed by atoms with Crippen LogP contribution in [0.25, 0.3) is 11.1 Å². The van der Waals surface area contributed by atoms with Crippen LogP contribution in [-0.4, -0.2) is 7.11 Å². The number of methoxy groups -OCH3 is 1. The maximum atomic E-state index is 13.5. The minimum absolute atomic E-state index is 0.196. The van der Waals surface area contributed by atoms with Crippen LogP contribution in [0.1, 0.15) is 62.5 Å². The smallest absolute Gasteiger partial charge is 0.417 e. The van der Waals surface area contributed by atoms with E-state index in [1.165, 1.54) is 57.3 Å². The predicted molar refractivity (Wildman–Crippen MR) is 103 cm³/mol. The fraction of sp³-hybridized carbons (Fsp3) is 0.478. The molecule has 0 radical (unpaired) electrons. The summed E-state index contributed by atoms with van der Waals surface area (Å²) in [5.41, 5.74) is 1.38. The van der Waals surface area contributed by atoms with E-state index in [0.29, 0.717) is 11.5 Å². The van der Waals surface area contributed by atoms with Crippen molar-refractivity contribution in [3.05, 3.63) is 53.6 Å². The van der Waals surface area contributed by atoms with Crippen molar-refractivity contribution in [1.82, 2.24) is 0 Å². The zero-order valence-electron chi connectivity index (χ0n) is 16.0. The number of halogens is 3. The van der Waals surface area contributed by atoms with Crippen LogP contribution in [0, 0.1) is 5.92 Å². The highest BCUT2D eigenvalue weighted by Gasteiger charge is 2.34. The van der Waals surface area contributed by atoms with Crippen LogP contribution in [0.5, 0.6) is 5.75 Å². The second-order valence-electron chi connectivity index (χ2n) is 7.54. The monoisotopic (exact) mass is 376 g/mol. The molecule has 0 unspecified atom stereocenters. The molecule has 0 spiro atoms. The van der Waals surface area contributed by atoms with Gasteiger partial charge < -0.3 is 4.74 Å². The molecule has 1 fully saturated rings. The Morgan fingerprint density at radius 2 is 1.63 bits per heavy atom. The Morgan fingerprint density at radius 1 is 0.963 bits per heavy atom. The lowest BCUT2D eigenvalue weighted by molar-refractivity contribution is -0.137. The van der Waals surface area contributed by atoms with Gasteiger partial charge in [0.05, 0.1) is 12.7 Å². The zero-order chi connectivity index (χ0) is 19.4. The van der Waals surface area contributed by atoms with Gasteiger partial charge in [0.1, 0.15) is 5.75 Å². The van der Waals surface area contributed by atoms with Crippen LogP contribution in [-0.2, 0) is 6.18 Å². The Morgan fingerprint density at radius 3 is 2.19 bits per heavy atom. The molecule has 2 aromatic rings. The third-order valence-corrected chi connectivity index (χ3v) is 5.77. The fourth-order valence-corrected chi connectivity index (χ4v) is 4.26. The lowest BCUT2D eigenvalue weighted by atomic mass is 9.77. The topological polar surface area (TPSA) is 9.23 Å². The molecule has 0 N–H and O–H groups in total. The third kappa shape index (κ3) is 4.66. The molecule has 1 saturated carbocycles. The fourth-order valence-electron chi connectivity index (χ4n) is 4.26. The van der Waals surface area contributed by atoms with Crippen molar-refractivity contribution in [3.8, 4) is 16.9 Å². The Hall–Kier alpha value is -1.97. The Labute approximate surface area is 159 Å². The molecule has 0 aliphatic heterocycles. The first kappa shape index (κ1) is 19.8. The molecule has 2 aromatic carbocycles. The van der Waals surface area contributed by atoms with Crippen molar-refractivity contribution >= 4 is 0 Å². The van der Waals surface area contributed by atoms with Crippen molar-refractivity contribution in [2.45, 2.75) is 57.5 Å². The molecule has 1 aliphatic rings. The normalized spacial score (nSPS) is 20.5. The molecule has 4 heteroatoms. The quantitative estimate of drug-likeness (QED) is 0.526. The lowest BCUT2D eigenvalue weighted by Gasteiger charge is -2.28. The van der Waals surface area contributed by atoms with Gasteiger partial charge in [-0.1, -0.05) is 50.1 Å².